The highest BCUT2D eigenvalue weighted by Crippen LogP contribution is 2.52. The van der Waals surface area contributed by atoms with Crippen molar-refractivity contribution in [3.05, 3.63) is 53.5 Å². The van der Waals surface area contributed by atoms with Crippen LogP contribution in [0.4, 0.5) is 18.9 Å². The topological polar surface area (TPSA) is 93.0 Å². The Morgan fingerprint density at radius 1 is 1.14 bits per heavy atom. The number of benzene rings is 2. The van der Waals surface area contributed by atoms with Gasteiger partial charge in [-0.05, 0) is 48.6 Å². The Morgan fingerprint density at radius 3 is 2.49 bits per heavy atom. The summed E-state index contributed by atoms with van der Waals surface area (Å²) < 4.78 is 53.0. The second-order valence-electron chi connectivity index (χ2n) is 10.7. The molecule has 7 nitrogen and oxygen atoms in total. The molecule has 0 bridgehead atoms. The molecule has 3 aromatic rings. The van der Waals surface area contributed by atoms with E-state index in [-0.39, 0.29) is 36.3 Å². The van der Waals surface area contributed by atoms with Gasteiger partial charge < -0.3 is 29.6 Å². The maximum absolute atomic E-state index is 15.3. The molecule has 0 unspecified atom stereocenters. The Hall–Kier alpha value is -3.24. The van der Waals surface area contributed by atoms with Gasteiger partial charge in [-0.3, -0.25) is 4.79 Å². The number of carbonyl (C=O) groups is 1. The van der Waals surface area contributed by atoms with E-state index >= 15 is 4.39 Å². The van der Waals surface area contributed by atoms with Crippen LogP contribution >= 0.6 is 0 Å². The molecule has 198 valence electrons. The lowest BCUT2D eigenvalue weighted by Crippen LogP contribution is -2.28. The first-order valence-corrected chi connectivity index (χ1v) is 12.2. The van der Waals surface area contributed by atoms with Gasteiger partial charge in [-0.2, -0.15) is 0 Å². The predicted octanol–water partition coefficient (Wildman–Crippen LogP) is 4.67. The number of rotatable bonds is 8. The lowest BCUT2D eigenvalue weighted by molar-refractivity contribution is -0.286. The second-order valence-corrected chi connectivity index (χ2v) is 10.7. The Balaban J connectivity index is 1.46. The summed E-state index contributed by atoms with van der Waals surface area (Å²) in [5.41, 5.74) is 0.251. The third-order valence-electron chi connectivity index (χ3n) is 7.27. The molecular weight excluding hydrogens is 489 g/mol. The molecule has 3 N–H and O–H groups in total. The number of hydrogen-bond donors (Lipinski definition) is 3. The molecule has 37 heavy (non-hydrogen) atoms. The quantitative estimate of drug-likeness (QED) is 0.403. The van der Waals surface area contributed by atoms with Crippen LogP contribution < -0.4 is 14.8 Å². The minimum atomic E-state index is -3.76. The molecule has 5 rings (SSSR count). The van der Waals surface area contributed by atoms with E-state index in [1.807, 2.05) is 31.4 Å². The molecule has 1 saturated carbocycles. The largest absolute Gasteiger partial charge is 0.586 e. The Bertz CT molecular complexity index is 1380. The highest BCUT2D eigenvalue weighted by Gasteiger charge is 2.53. The van der Waals surface area contributed by atoms with Crippen molar-refractivity contribution in [2.24, 2.45) is 5.92 Å². The molecule has 2 heterocycles. The number of carbonyl (C=O) groups excluding carboxylic acids is 1. The zero-order valence-electron chi connectivity index (χ0n) is 20.8. The Kier molecular flexibility index (Phi) is 5.95. The summed E-state index contributed by atoms with van der Waals surface area (Å²) >= 11 is 0. The van der Waals surface area contributed by atoms with Crippen LogP contribution in [0.15, 0.2) is 36.4 Å². The highest BCUT2D eigenvalue weighted by atomic mass is 19.3. The van der Waals surface area contributed by atoms with Crippen molar-refractivity contribution >= 4 is 22.5 Å². The maximum atomic E-state index is 15.3. The number of anilines is 1. The number of nitrogens with one attached hydrogen (secondary N) is 1. The lowest BCUT2D eigenvalue weighted by atomic mass is 9.90. The van der Waals surface area contributed by atoms with Gasteiger partial charge in [-0.25, -0.2) is 4.39 Å². The van der Waals surface area contributed by atoms with Crippen LogP contribution in [0.25, 0.3) is 10.9 Å². The van der Waals surface area contributed by atoms with Gasteiger partial charge in [-0.1, -0.05) is 26.8 Å². The van der Waals surface area contributed by atoms with E-state index in [9.17, 15) is 23.8 Å². The average molecular weight is 519 g/mol. The van der Waals surface area contributed by atoms with Crippen molar-refractivity contribution in [1.82, 2.24) is 4.57 Å². The first-order valence-electron chi connectivity index (χ1n) is 12.2. The molecule has 0 spiro atoms. The van der Waals surface area contributed by atoms with Gasteiger partial charge in [0.1, 0.15) is 5.82 Å². The molecule has 1 aliphatic carbocycles. The van der Waals surface area contributed by atoms with Gasteiger partial charge in [0.2, 0.25) is 5.91 Å². The second kappa shape index (κ2) is 8.66. The predicted molar refractivity (Wildman–Crippen MR) is 130 cm³/mol. The van der Waals surface area contributed by atoms with Gasteiger partial charge in [0.15, 0.2) is 11.5 Å². The summed E-state index contributed by atoms with van der Waals surface area (Å²) in [6.07, 6.45) is -2.81. The maximum Gasteiger partial charge on any atom is 0.586 e. The molecule has 10 heteroatoms. The van der Waals surface area contributed by atoms with Crippen LogP contribution in [0, 0.1) is 11.7 Å². The molecule has 0 saturated heterocycles. The number of aliphatic hydroxyl groups is 2. The van der Waals surface area contributed by atoms with Crippen molar-refractivity contribution < 1.29 is 37.7 Å². The van der Waals surface area contributed by atoms with Crippen molar-refractivity contribution in [3.63, 3.8) is 0 Å². The fraction of sp³-hybridized carbons (Fsp3) is 0.444. The van der Waals surface area contributed by atoms with Crippen LogP contribution in [0.2, 0.25) is 0 Å². The third-order valence-corrected chi connectivity index (χ3v) is 7.27. The molecule has 2 aromatic carbocycles. The smallest absolute Gasteiger partial charge is 0.396 e. The lowest BCUT2D eigenvalue weighted by Gasteiger charge is -2.25. The Morgan fingerprint density at radius 2 is 1.84 bits per heavy atom. The fourth-order valence-corrected chi connectivity index (χ4v) is 4.85. The molecule has 1 fully saturated rings. The van der Waals surface area contributed by atoms with E-state index in [1.165, 1.54) is 18.2 Å². The van der Waals surface area contributed by atoms with E-state index < -0.39 is 28.8 Å². The van der Waals surface area contributed by atoms with Crippen molar-refractivity contribution in [3.8, 4) is 11.5 Å². The standard InChI is InChI=1S/C27H29F3N2O5/c1-15(13-33)12-32-20-11-18(28)19(8-16(20)9-23(32)25(2,3)14-34)31-24(35)26(6-7-26)17-4-5-21-22(10-17)37-27(29,30)36-21/h4-5,8-11,15,33-34H,6-7,12-14H2,1-3H3,(H,31,35)/t15-/m1/s1. The molecule has 1 amide bonds. The minimum Gasteiger partial charge on any atom is -0.396 e. The summed E-state index contributed by atoms with van der Waals surface area (Å²) in [5.74, 6) is -1.43. The fourth-order valence-electron chi connectivity index (χ4n) is 4.85. The summed E-state index contributed by atoms with van der Waals surface area (Å²) in [4.78, 5) is 13.3. The van der Waals surface area contributed by atoms with E-state index in [1.54, 1.807) is 12.1 Å². The number of alkyl halides is 2. The van der Waals surface area contributed by atoms with Gasteiger partial charge >= 0.3 is 6.29 Å². The van der Waals surface area contributed by atoms with E-state index in [4.69, 9.17) is 0 Å². The first-order chi connectivity index (χ1) is 17.4. The van der Waals surface area contributed by atoms with E-state index in [0.717, 1.165) is 5.69 Å². The van der Waals surface area contributed by atoms with Crippen molar-refractivity contribution in [2.45, 2.75) is 57.3 Å². The number of aromatic nitrogens is 1. The first kappa shape index (κ1) is 25.4. The number of hydrogen-bond acceptors (Lipinski definition) is 5. The van der Waals surface area contributed by atoms with Crippen LogP contribution in [0.5, 0.6) is 11.5 Å². The molecule has 2 aliphatic rings. The van der Waals surface area contributed by atoms with Crippen LogP contribution in [-0.2, 0) is 22.2 Å². The van der Waals surface area contributed by atoms with Crippen LogP contribution in [0.3, 0.4) is 0 Å². The number of halogens is 3. The van der Waals surface area contributed by atoms with Crippen molar-refractivity contribution in [1.29, 1.82) is 0 Å². The SMILES string of the molecule is C[C@@H](CO)Cn1c(C(C)(C)CO)cc2cc(NC(=O)C3(c4ccc5c(c4)OC(F)(F)O5)CC3)c(F)cc21. The van der Waals surface area contributed by atoms with Gasteiger partial charge in [-0.15, -0.1) is 8.78 Å². The van der Waals surface area contributed by atoms with Crippen molar-refractivity contribution in [2.75, 3.05) is 18.5 Å². The molecular formula is C27H29F3N2O5. The number of fused-ring (bicyclic) bond motifs is 2. The van der Waals surface area contributed by atoms with E-state index in [2.05, 4.69) is 14.8 Å². The molecule has 0 radical (unpaired) electrons. The summed E-state index contributed by atoms with van der Waals surface area (Å²) in [6, 6.07) is 9.00. The molecule has 1 aliphatic heterocycles. The highest BCUT2D eigenvalue weighted by molar-refractivity contribution is 6.02. The minimum absolute atomic E-state index is 0.00300. The van der Waals surface area contributed by atoms with Crippen LogP contribution in [-0.4, -0.2) is 40.2 Å². The van der Waals surface area contributed by atoms with Gasteiger partial charge in [0, 0.05) is 35.7 Å². The third kappa shape index (κ3) is 4.42. The summed E-state index contributed by atoms with van der Waals surface area (Å²) in [6.45, 7) is 5.87. The van der Waals surface area contributed by atoms with Gasteiger partial charge in [0.05, 0.1) is 23.2 Å². The summed E-state index contributed by atoms with van der Waals surface area (Å²) in [7, 11) is 0. The normalized spacial score (nSPS) is 18.2. The number of nitrogens with zero attached hydrogens (tertiary/aromatic N) is 1. The van der Waals surface area contributed by atoms with Crippen LogP contribution in [0.1, 0.15) is 44.9 Å². The number of aliphatic hydroxyl groups excluding tert-OH is 2. The molecule has 1 atom stereocenters. The average Bonchev–Trinajstić information content (AvgIpc) is 3.50. The number of ether oxygens (including phenoxy) is 2. The number of amides is 1. The van der Waals surface area contributed by atoms with E-state index in [0.29, 0.717) is 35.9 Å². The zero-order valence-corrected chi connectivity index (χ0v) is 20.8. The monoisotopic (exact) mass is 518 g/mol. The molecule has 1 aromatic heterocycles. The zero-order chi connectivity index (χ0) is 26.8. The summed E-state index contributed by atoms with van der Waals surface area (Å²) in [5, 5.41) is 22.9. The van der Waals surface area contributed by atoms with Gasteiger partial charge in [0.25, 0.3) is 0 Å². The Labute approximate surface area is 211 Å².